The van der Waals surface area contributed by atoms with Crippen LogP contribution in [0.2, 0.25) is 0 Å². The molecule has 1 fully saturated rings. The highest BCUT2D eigenvalue weighted by atomic mass is 16.3. The van der Waals surface area contributed by atoms with Crippen LogP contribution >= 0.6 is 0 Å². The summed E-state index contributed by atoms with van der Waals surface area (Å²) in [6.45, 7) is 9.38. The fourth-order valence-corrected chi connectivity index (χ4v) is 10.9. The van der Waals surface area contributed by atoms with Gasteiger partial charge in [0.15, 0.2) is 0 Å². The molecule has 1 aliphatic carbocycles. The van der Waals surface area contributed by atoms with Crippen molar-refractivity contribution in [1.82, 2.24) is 18.9 Å². The highest BCUT2D eigenvalue weighted by Gasteiger charge is 2.33. The summed E-state index contributed by atoms with van der Waals surface area (Å²) in [6.07, 6.45) is 8.96. The summed E-state index contributed by atoms with van der Waals surface area (Å²) in [7, 11) is 0. The van der Waals surface area contributed by atoms with Gasteiger partial charge in [-0.05, 0) is 119 Å². The van der Waals surface area contributed by atoms with Crippen molar-refractivity contribution < 1.29 is 5.11 Å². The molecule has 0 saturated heterocycles. The van der Waals surface area contributed by atoms with Gasteiger partial charge in [0.1, 0.15) is 11.6 Å². The highest BCUT2D eigenvalue weighted by molar-refractivity contribution is 6.30. The predicted molar refractivity (Wildman–Crippen MR) is 265 cm³/mol. The van der Waals surface area contributed by atoms with E-state index in [4.69, 9.17) is 9.97 Å². The van der Waals surface area contributed by atoms with E-state index in [-0.39, 0.29) is 5.75 Å². The van der Waals surface area contributed by atoms with Crippen LogP contribution in [0.4, 0.5) is 0 Å². The van der Waals surface area contributed by atoms with E-state index in [2.05, 4.69) is 170 Å². The van der Waals surface area contributed by atoms with E-state index >= 15 is 0 Å². The van der Waals surface area contributed by atoms with Crippen LogP contribution in [0.1, 0.15) is 76.1 Å². The summed E-state index contributed by atoms with van der Waals surface area (Å²) >= 11 is 0. The van der Waals surface area contributed by atoms with Crippen molar-refractivity contribution in [3.8, 4) is 45.2 Å². The highest BCUT2D eigenvalue weighted by Crippen LogP contribution is 2.48. The molecule has 5 heteroatoms. The molecule has 0 spiro atoms. The molecule has 0 aliphatic heterocycles. The molecule has 1 aliphatic rings. The molecule has 312 valence electrons. The van der Waals surface area contributed by atoms with Gasteiger partial charge in [-0.1, -0.05) is 131 Å². The van der Waals surface area contributed by atoms with E-state index in [1.54, 1.807) is 6.07 Å². The van der Waals surface area contributed by atoms with Gasteiger partial charge in [-0.15, -0.1) is 0 Å². The third kappa shape index (κ3) is 5.97. The van der Waals surface area contributed by atoms with Crippen LogP contribution in [0.25, 0.3) is 88.3 Å². The first kappa shape index (κ1) is 38.4. The van der Waals surface area contributed by atoms with E-state index in [1.807, 2.05) is 30.5 Å². The van der Waals surface area contributed by atoms with Gasteiger partial charge in [0, 0.05) is 50.5 Å². The third-order valence-corrected chi connectivity index (χ3v) is 14.6. The molecule has 12 rings (SSSR count). The smallest absolute Gasteiger partial charge is 0.148 e. The summed E-state index contributed by atoms with van der Waals surface area (Å²) < 4.78 is 4.71. The average molecular weight is 831 g/mol. The number of imidazole rings is 1. The second-order valence-corrected chi connectivity index (χ2v) is 19.4. The van der Waals surface area contributed by atoms with Gasteiger partial charge in [0.25, 0.3) is 0 Å². The summed E-state index contributed by atoms with van der Waals surface area (Å²) in [5, 5.41) is 19.0. The predicted octanol–water partition coefficient (Wildman–Crippen LogP) is 15.3. The standard InChI is InChI=1S/C59H50N4O/c1-58(2)30-28-37(29-31-58)40-25-26-49(46(33-40)38-15-6-5-7-16-38)62-36-53(61-57(62)43-19-10-11-23-52(43)64)59(3,4)41-34-47(48-22-12-13-32-60-48)55-45-21-14-20-44-54-42-18-9-8-17-39(42)24-27-50(54)63(56(44)45)51(55)35-41/h5-27,32-37,64H,28-31H2,1-4H3. The first-order valence-corrected chi connectivity index (χ1v) is 22.8. The van der Waals surface area contributed by atoms with Crippen LogP contribution in [0.5, 0.6) is 5.75 Å². The molecule has 0 atom stereocenters. The van der Waals surface area contributed by atoms with Gasteiger partial charge in [-0.25, -0.2) is 4.98 Å². The Morgan fingerprint density at radius 2 is 1.38 bits per heavy atom. The van der Waals surface area contributed by atoms with Crippen molar-refractivity contribution in [2.24, 2.45) is 5.41 Å². The van der Waals surface area contributed by atoms with E-state index < -0.39 is 5.41 Å². The van der Waals surface area contributed by atoms with Crippen molar-refractivity contribution in [2.45, 2.75) is 64.7 Å². The van der Waals surface area contributed by atoms with Gasteiger partial charge in [0.2, 0.25) is 0 Å². The maximum Gasteiger partial charge on any atom is 0.148 e. The van der Waals surface area contributed by atoms with Gasteiger partial charge < -0.3 is 9.51 Å². The minimum Gasteiger partial charge on any atom is -0.507 e. The molecule has 0 radical (unpaired) electrons. The van der Waals surface area contributed by atoms with Crippen LogP contribution in [-0.2, 0) is 5.41 Å². The number of hydrogen-bond donors (Lipinski definition) is 1. The van der Waals surface area contributed by atoms with Crippen LogP contribution in [-0.4, -0.2) is 24.0 Å². The van der Waals surface area contributed by atoms with Gasteiger partial charge in [0.05, 0.1) is 39.2 Å². The maximum absolute atomic E-state index is 11.5. The number of pyridine rings is 1. The number of rotatable bonds is 7. The lowest BCUT2D eigenvalue weighted by atomic mass is 9.71. The summed E-state index contributed by atoms with van der Waals surface area (Å²) in [5.41, 5.74) is 12.9. The molecule has 11 aromatic rings. The molecule has 1 saturated carbocycles. The van der Waals surface area contributed by atoms with Gasteiger partial charge in [-0.2, -0.15) is 0 Å². The summed E-state index contributed by atoms with van der Waals surface area (Å²) in [5.74, 6) is 1.43. The number of benzene rings is 7. The topological polar surface area (TPSA) is 55.4 Å². The Morgan fingerprint density at radius 3 is 2.17 bits per heavy atom. The zero-order valence-electron chi connectivity index (χ0n) is 36.8. The van der Waals surface area contributed by atoms with E-state index in [0.717, 1.165) is 44.8 Å². The van der Waals surface area contributed by atoms with Crippen molar-refractivity contribution in [2.75, 3.05) is 0 Å². The fourth-order valence-electron chi connectivity index (χ4n) is 10.9. The average Bonchev–Trinajstić information content (AvgIpc) is 4.03. The Bertz CT molecular complexity index is 3570. The molecule has 0 unspecified atom stereocenters. The molecule has 5 nitrogen and oxygen atoms in total. The third-order valence-electron chi connectivity index (χ3n) is 14.6. The lowest BCUT2D eigenvalue weighted by Gasteiger charge is -2.34. The molecule has 64 heavy (non-hydrogen) atoms. The molecule has 4 heterocycles. The van der Waals surface area contributed by atoms with Crippen molar-refractivity contribution in [3.05, 3.63) is 187 Å². The molecule has 4 aromatic heterocycles. The zero-order valence-corrected chi connectivity index (χ0v) is 36.8. The van der Waals surface area contributed by atoms with Crippen LogP contribution in [0, 0.1) is 5.41 Å². The lowest BCUT2D eigenvalue weighted by Crippen LogP contribution is -2.20. The van der Waals surface area contributed by atoms with Crippen LogP contribution in [0.3, 0.4) is 0 Å². The number of para-hydroxylation sites is 2. The van der Waals surface area contributed by atoms with Crippen LogP contribution < -0.4 is 0 Å². The minimum absolute atomic E-state index is 0.199. The van der Waals surface area contributed by atoms with E-state index in [1.165, 1.54) is 74.6 Å². The van der Waals surface area contributed by atoms with E-state index in [0.29, 0.717) is 22.7 Å². The molecule has 7 aromatic carbocycles. The second kappa shape index (κ2) is 14.4. The second-order valence-electron chi connectivity index (χ2n) is 19.4. The number of phenolic OH excluding ortho intramolecular Hbond substituents is 1. The minimum atomic E-state index is -0.589. The van der Waals surface area contributed by atoms with Crippen molar-refractivity contribution >= 4 is 48.9 Å². The number of aromatic nitrogens is 4. The first-order valence-electron chi connectivity index (χ1n) is 22.8. The molecular formula is C59H50N4O. The number of phenols is 1. The van der Waals surface area contributed by atoms with E-state index in [9.17, 15) is 5.11 Å². The quantitative estimate of drug-likeness (QED) is 0.174. The largest absolute Gasteiger partial charge is 0.507 e. The monoisotopic (exact) mass is 830 g/mol. The lowest BCUT2D eigenvalue weighted by molar-refractivity contribution is 0.224. The number of hydrogen-bond acceptors (Lipinski definition) is 3. The Morgan fingerprint density at radius 1 is 0.641 bits per heavy atom. The fraction of sp³-hybridized carbons (Fsp3) is 0.186. The normalized spacial score (nSPS) is 14.8. The number of nitrogens with zero attached hydrogens (tertiary/aromatic N) is 4. The Kier molecular flexibility index (Phi) is 8.65. The Balaban J connectivity index is 1.10. The van der Waals surface area contributed by atoms with Crippen molar-refractivity contribution in [1.29, 1.82) is 0 Å². The molecular weight excluding hydrogens is 781 g/mol. The summed E-state index contributed by atoms with van der Waals surface area (Å²) in [4.78, 5) is 10.5. The Labute approximate surface area is 373 Å². The molecule has 1 N–H and O–H groups in total. The molecule has 0 bridgehead atoms. The first-order chi connectivity index (χ1) is 31.1. The SMILES string of the molecule is CC1(C)CCC(c2ccc(-n3cc(C(C)(C)c4cc(-c5ccccn5)c5c6cccc7c8c9ccccc9ccc8n(c5c4)c67)nc3-c3ccccc3O)c(-c3ccccc3)c2)CC1. The maximum atomic E-state index is 11.5. The molecule has 0 amide bonds. The Hall–Kier alpha value is -7.24. The van der Waals surface area contributed by atoms with Gasteiger partial charge >= 0.3 is 0 Å². The summed E-state index contributed by atoms with van der Waals surface area (Å²) in [6, 6.07) is 56.3. The van der Waals surface area contributed by atoms with Crippen molar-refractivity contribution in [3.63, 3.8) is 0 Å². The zero-order chi connectivity index (χ0) is 43.3. The van der Waals surface area contributed by atoms with Crippen LogP contribution in [0.15, 0.2) is 170 Å². The number of fused-ring (bicyclic) bond motifs is 8. The number of aromatic hydroxyl groups is 1. The van der Waals surface area contributed by atoms with Gasteiger partial charge in [-0.3, -0.25) is 9.55 Å².